The van der Waals surface area contributed by atoms with Gasteiger partial charge in [-0.15, -0.1) is 11.3 Å². The number of thiophene rings is 1. The normalized spacial score (nSPS) is 12.5. The van der Waals surface area contributed by atoms with E-state index < -0.39 is 0 Å². The molecule has 0 aliphatic carbocycles. The Balaban J connectivity index is 2.01. The summed E-state index contributed by atoms with van der Waals surface area (Å²) in [6.07, 6.45) is 4.54. The van der Waals surface area contributed by atoms with E-state index in [1.165, 1.54) is 21.7 Å². The number of aryl methyl sites for hydroxylation is 1. The lowest BCUT2D eigenvalue weighted by molar-refractivity contribution is 0.507. The molecule has 2 rings (SSSR count). The molecule has 1 nitrogen and oxygen atoms in total. The Kier molecular flexibility index (Phi) is 6.94. The summed E-state index contributed by atoms with van der Waals surface area (Å²) in [6.45, 7) is 5.54. The number of halogens is 1. The van der Waals surface area contributed by atoms with Gasteiger partial charge in [0.15, 0.2) is 0 Å². The van der Waals surface area contributed by atoms with Crippen LogP contribution >= 0.6 is 27.3 Å². The molecule has 0 bridgehead atoms. The van der Waals surface area contributed by atoms with E-state index in [0.29, 0.717) is 6.04 Å². The lowest BCUT2D eigenvalue weighted by Gasteiger charge is -2.18. The molecule has 3 heteroatoms. The van der Waals surface area contributed by atoms with Crippen molar-refractivity contribution in [1.29, 1.82) is 0 Å². The molecular weight excluding hydrogens is 342 g/mol. The van der Waals surface area contributed by atoms with Crippen molar-refractivity contribution in [2.45, 2.75) is 45.6 Å². The Labute approximate surface area is 140 Å². The van der Waals surface area contributed by atoms with E-state index in [1.54, 1.807) is 0 Å². The summed E-state index contributed by atoms with van der Waals surface area (Å²) in [7, 11) is 0. The summed E-state index contributed by atoms with van der Waals surface area (Å²) < 4.78 is 1.15. The quantitative estimate of drug-likeness (QED) is 0.675. The van der Waals surface area contributed by atoms with Crippen LogP contribution in [0.4, 0.5) is 0 Å². The molecule has 1 atom stereocenters. The van der Waals surface area contributed by atoms with Gasteiger partial charge in [-0.1, -0.05) is 41.9 Å². The molecule has 0 spiro atoms. The van der Waals surface area contributed by atoms with Gasteiger partial charge in [-0.3, -0.25) is 0 Å². The zero-order chi connectivity index (χ0) is 15.1. The van der Waals surface area contributed by atoms with Crippen LogP contribution in [0.25, 0.3) is 0 Å². The number of rotatable bonds is 8. The molecule has 1 N–H and O–H groups in total. The fourth-order valence-corrected chi connectivity index (χ4v) is 3.74. The van der Waals surface area contributed by atoms with Crippen molar-refractivity contribution in [2.75, 3.05) is 6.54 Å². The van der Waals surface area contributed by atoms with Gasteiger partial charge in [0.05, 0.1) is 0 Å². The molecule has 0 aliphatic heterocycles. The highest BCUT2D eigenvalue weighted by Crippen LogP contribution is 2.20. The van der Waals surface area contributed by atoms with Crippen molar-refractivity contribution < 1.29 is 0 Å². The molecular formula is C18H24BrNS. The third-order valence-electron chi connectivity index (χ3n) is 3.59. The van der Waals surface area contributed by atoms with Gasteiger partial charge < -0.3 is 5.32 Å². The first kappa shape index (κ1) is 16.7. The highest BCUT2D eigenvalue weighted by molar-refractivity contribution is 9.10. The molecule has 114 valence electrons. The summed E-state index contributed by atoms with van der Waals surface area (Å²) in [5, 5.41) is 3.70. The largest absolute Gasteiger partial charge is 0.313 e. The third kappa shape index (κ3) is 5.57. The molecule has 0 amide bonds. The van der Waals surface area contributed by atoms with Crippen LogP contribution in [-0.2, 0) is 19.3 Å². The van der Waals surface area contributed by atoms with Crippen LogP contribution in [0, 0.1) is 0 Å². The number of nitrogens with one attached hydrogen (secondary N) is 1. The SMILES string of the molecule is CCCNC(Cc1ccc(Br)cc1)Cc1ccc(CC)s1. The molecule has 2 aromatic rings. The first-order valence-corrected chi connectivity index (χ1v) is 9.37. The second kappa shape index (κ2) is 8.72. The molecule has 0 radical (unpaired) electrons. The minimum Gasteiger partial charge on any atom is -0.313 e. The highest BCUT2D eigenvalue weighted by Gasteiger charge is 2.11. The van der Waals surface area contributed by atoms with E-state index in [0.717, 1.165) is 30.3 Å². The van der Waals surface area contributed by atoms with Gasteiger partial charge in [0.1, 0.15) is 0 Å². The predicted octanol–water partition coefficient (Wildman–Crippen LogP) is 5.23. The Bertz CT molecular complexity index is 532. The zero-order valence-corrected chi connectivity index (χ0v) is 15.3. The first-order valence-electron chi connectivity index (χ1n) is 7.76. The first-order chi connectivity index (χ1) is 10.2. The molecule has 1 aromatic heterocycles. The highest BCUT2D eigenvalue weighted by atomic mass is 79.9. The average molecular weight is 366 g/mol. The van der Waals surface area contributed by atoms with E-state index >= 15 is 0 Å². The summed E-state index contributed by atoms with van der Waals surface area (Å²) in [4.78, 5) is 2.99. The van der Waals surface area contributed by atoms with E-state index in [1.807, 2.05) is 11.3 Å². The summed E-state index contributed by atoms with van der Waals surface area (Å²) in [6, 6.07) is 13.8. The van der Waals surface area contributed by atoms with Crippen LogP contribution in [0.15, 0.2) is 40.9 Å². The molecule has 1 aromatic carbocycles. The fourth-order valence-electron chi connectivity index (χ4n) is 2.43. The zero-order valence-electron chi connectivity index (χ0n) is 12.9. The van der Waals surface area contributed by atoms with Crippen LogP contribution in [-0.4, -0.2) is 12.6 Å². The number of benzene rings is 1. The average Bonchev–Trinajstić information content (AvgIpc) is 2.95. The van der Waals surface area contributed by atoms with Crippen LogP contribution in [0.2, 0.25) is 0 Å². The lowest BCUT2D eigenvalue weighted by Crippen LogP contribution is -2.33. The van der Waals surface area contributed by atoms with Crippen molar-refractivity contribution in [3.63, 3.8) is 0 Å². The second-order valence-electron chi connectivity index (χ2n) is 5.41. The number of hydrogen-bond acceptors (Lipinski definition) is 2. The molecule has 1 heterocycles. The molecule has 0 fully saturated rings. The Hall–Kier alpha value is -0.640. The van der Waals surface area contributed by atoms with Gasteiger partial charge in [0.25, 0.3) is 0 Å². The second-order valence-corrected chi connectivity index (χ2v) is 7.58. The van der Waals surface area contributed by atoms with Crippen molar-refractivity contribution >= 4 is 27.3 Å². The Morgan fingerprint density at radius 2 is 1.71 bits per heavy atom. The minimum atomic E-state index is 0.523. The van der Waals surface area contributed by atoms with Gasteiger partial charge in [0, 0.05) is 20.3 Å². The van der Waals surface area contributed by atoms with Gasteiger partial charge in [-0.25, -0.2) is 0 Å². The van der Waals surface area contributed by atoms with Crippen molar-refractivity contribution in [1.82, 2.24) is 5.32 Å². The maximum Gasteiger partial charge on any atom is 0.0175 e. The van der Waals surface area contributed by atoms with Crippen LogP contribution in [0.5, 0.6) is 0 Å². The van der Waals surface area contributed by atoms with Gasteiger partial charge in [-0.05, 0) is 62.1 Å². The van der Waals surface area contributed by atoms with E-state index in [2.05, 4.69) is 71.5 Å². The summed E-state index contributed by atoms with van der Waals surface area (Å²) in [5.41, 5.74) is 1.40. The molecule has 0 aliphatic rings. The van der Waals surface area contributed by atoms with E-state index in [9.17, 15) is 0 Å². The maximum absolute atomic E-state index is 3.70. The van der Waals surface area contributed by atoms with Gasteiger partial charge in [-0.2, -0.15) is 0 Å². The molecule has 0 saturated heterocycles. The summed E-state index contributed by atoms with van der Waals surface area (Å²) >= 11 is 5.46. The monoisotopic (exact) mass is 365 g/mol. The van der Waals surface area contributed by atoms with Crippen molar-refractivity contribution in [3.05, 3.63) is 56.2 Å². The third-order valence-corrected chi connectivity index (χ3v) is 5.37. The maximum atomic E-state index is 3.70. The molecule has 21 heavy (non-hydrogen) atoms. The molecule has 1 unspecified atom stereocenters. The van der Waals surface area contributed by atoms with E-state index in [-0.39, 0.29) is 0 Å². The topological polar surface area (TPSA) is 12.0 Å². The van der Waals surface area contributed by atoms with Crippen LogP contribution < -0.4 is 5.32 Å². The van der Waals surface area contributed by atoms with Crippen LogP contribution in [0.1, 0.15) is 35.6 Å². The predicted molar refractivity (Wildman–Crippen MR) is 97.3 cm³/mol. The van der Waals surface area contributed by atoms with Gasteiger partial charge >= 0.3 is 0 Å². The van der Waals surface area contributed by atoms with E-state index in [4.69, 9.17) is 0 Å². The standard InChI is InChI=1S/C18H24BrNS/c1-3-11-20-16(12-14-5-7-15(19)8-6-14)13-18-10-9-17(4-2)21-18/h5-10,16,20H,3-4,11-13H2,1-2H3. The minimum absolute atomic E-state index is 0.523. The van der Waals surface area contributed by atoms with Crippen LogP contribution in [0.3, 0.4) is 0 Å². The van der Waals surface area contributed by atoms with Crippen molar-refractivity contribution in [2.24, 2.45) is 0 Å². The Morgan fingerprint density at radius 3 is 2.33 bits per heavy atom. The van der Waals surface area contributed by atoms with Gasteiger partial charge in [0.2, 0.25) is 0 Å². The molecule has 0 saturated carbocycles. The van der Waals surface area contributed by atoms with Crippen molar-refractivity contribution in [3.8, 4) is 0 Å². The lowest BCUT2D eigenvalue weighted by atomic mass is 10.0. The number of hydrogen-bond donors (Lipinski definition) is 1. The fraction of sp³-hybridized carbons (Fsp3) is 0.444. The smallest absolute Gasteiger partial charge is 0.0175 e. The summed E-state index contributed by atoms with van der Waals surface area (Å²) in [5.74, 6) is 0. The Morgan fingerprint density at radius 1 is 1.00 bits per heavy atom.